The molecule has 0 spiro atoms. The van der Waals surface area contributed by atoms with Crippen molar-refractivity contribution < 1.29 is 0 Å². The van der Waals surface area contributed by atoms with E-state index in [-0.39, 0.29) is 0 Å². The molecule has 4 heteroatoms. The highest BCUT2D eigenvalue weighted by Gasteiger charge is 2.25. The van der Waals surface area contributed by atoms with E-state index in [4.69, 9.17) is 5.73 Å². The second-order valence-electron chi connectivity index (χ2n) is 6.07. The van der Waals surface area contributed by atoms with Gasteiger partial charge in [0.05, 0.1) is 6.54 Å². The van der Waals surface area contributed by atoms with E-state index >= 15 is 0 Å². The van der Waals surface area contributed by atoms with Crippen molar-refractivity contribution in [2.24, 2.45) is 16.6 Å². The molecule has 2 rings (SSSR count). The van der Waals surface area contributed by atoms with Gasteiger partial charge in [-0.05, 0) is 45.7 Å². The quantitative estimate of drug-likeness (QED) is 0.577. The van der Waals surface area contributed by atoms with Crippen molar-refractivity contribution in [1.29, 1.82) is 0 Å². The summed E-state index contributed by atoms with van der Waals surface area (Å²) in [5.74, 6) is 1.44. The van der Waals surface area contributed by atoms with Gasteiger partial charge < -0.3 is 16.0 Å². The molecule has 1 unspecified atom stereocenters. The van der Waals surface area contributed by atoms with Crippen LogP contribution in [0, 0.1) is 5.92 Å². The van der Waals surface area contributed by atoms with Crippen LogP contribution in [-0.2, 0) is 0 Å². The maximum absolute atomic E-state index is 5.91. The number of nitrogens with two attached hydrogens (primary N) is 1. The third kappa shape index (κ3) is 4.16. The lowest BCUT2D eigenvalue weighted by atomic mass is 9.83. The standard InChI is InChI=1S/C14H28N4/c1-18(2)13(11-6-4-3-5-7-11)10-16-14(15)17-12-8-9-12/h11-13H,3-10H2,1-2H3,(H3,15,16,17). The van der Waals surface area contributed by atoms with Crippen LogP contribution >= 0.6 is 0 Å². The van der Waals surface area contributed by atoms with E-state index in [1.165, 1.54) is 44.9 Å². The molecule has 2 fully saturated rings. The minimum atomic E-state index is 0.546. The predicted octanol–water partition coefficient (Wildman–Crippen LogP) is 1.56. The Morgan fingerprint density at radius 1 is 1.22 bits per heavy atom. The molecule has 104 valence electrons. The fourth-order valence-electron chi connectivity index (χ4n) is 2.93. The monoisotopic (exact) mass is 252 g/mol. The minimum absolute atomic E-state index is 0.546. The van der Waals surface area contributed by atoms with Gasteiger partial charge in [-0.25, -0.2) is 0 Å². The van der Waals surface area contributed by atoms with Crippen LogP contribution in [0.2, 0.25) is 0 Å². The summed E-state index contributed by atoms with van der Waals surface area (Å²) in [6.07, 6.45) is 9.38. The summed E-state index contributed by atoms with van der Waals surface area (Å²) < 4.78 is 0. The molecule has 1 atom stereocenters. The molecule has 0 radical (unpaired) electrons. The lowest BCUT2D eigenvalue weighted by Gasteiger charge is -2.33. The van der Waals surface area contributed by atoms with Gasteiger partial charge in [0, 0.05) is 12.1 Å². The largest absolute Gasteiger partial charge is 0.370 e. The molecule has 0 saturated heterocycles. The SMILES string of the molecule is CN(C)C(CN=C(N)NC1CC1)C1CCCCC1. The van der Waals surface area contributed by atoms with Crippen molar-refractivity contribution in [2.75, 3.05) is 20.6 Å². The summed E-state index contributed by atoms with van der Waals surface area (Å²) in [6, 6.07) is 1.14. The Hall–Kier alpha value is -0.770. The molecule has 0 aromatic rings. The smallest absolute Gasteiger partial charge is 0.188 e. The summed E-state index contributed by atoms with van der Waals surface area (Å²) in [6.45, 7) is 0.837. The fraction of sp³-hybridized carbons (Fsp3) is 0.929. The van der Waals surface area contributed by atoms with Gasteiger partial charge in [0.1, 0.15) is 0 Å². The second kappa shape index (κ2) is 6.41. The molecule has 0 aromatic heterocycles. The number of nitrogens with one attached hydrogen (secondary N) is 1. The van der Waals surface area contributed by atoms with E-state index in [1.54, 1.807) is 0 Å². The maximum atomic E-state index is 5.91. The first-order valence-electron chi connectivity index (χ1n) is 7.39. The number of hydrogen-bond acceptors (Lipinski definition) is 2. The topological polar surface area (TPSA) is 53.6 Å². The molecule has 0 heterocycles. The molecule has 3 N–H and O–H groups in total. The predicted molar refractivity (Wildman–Crippen MR) is 76.7 cm³/mol. The molecule has 4 nitrogen and oxygen atoms in total. The van der Waals surface area contributed by atoms with Gasteiger partial charge in [-0.15, -0.1) is 0 Å². The average molecular weight is 252 g/mol. The number of rotatable bonds is 5. The van der Waals surface area contributed by atoms with E-state index in [0.29, 0.717) is 18.0 Å². The van der Waals surface area contributed by atoms with E-state index in [9.17, 15) is 0 Å². The van der Waals surface area contributed by atoms with E-state index in [1.807, 2.05) is 0 Å². The Labute approximate surface area is 111 Å². The van der Waals surface area contributed by atoms with Gasteiger partial charge >= 0.3 is 0 Å². The highest BCUT2D eigenvalue weighted by Crippen LogP contribution is 2.28. The van der Waals surface area contributed by atoms with Crippen molar-refractivity contribution in [1.82, 2.24) is 10.2 Å². The molecule has 2 aliphatic rings. The number of aliphatic imine (C=N–C) groups is 1. The van der Waals surface area contributed by atoms with Crippen molar-refractivity contribution in [2.45, 2.75) is 57.0 Å². The van der Waals surface area contributed by atoms with Crippen LogP contribution in [0.1, 0.15) is 44.9 Å². The molecule has 0 aromatic carbocycles. The van der Waals surface area contributed by atoms with Crippen LogP contribution < -0.4 is 11.1 Å². The maximum Gasteiger partial charge on any atom is 0.188 e. The fourth-order valence-corrected chi connectivity index (χ4v) is 2.93. The first-order chi connectivity index (χ1) is 8.66. The lowest BCUT2D eigenvalue weighted by Crippen LogP contribution is -2.41. The Kier molecular flexibility index (Phi) is 4.87. The lowest BCUT2D eigenvalue weighted by molar-refractivity contribution is 0.176. The number of guanidine groups is 1. The van der Waals surface area contributed by atoms with Crippen LogP contribution in [0.15, 0.2) is 4.99 Å². The Bertz CT molecular complexity index is 278. The van der Waals surface area contributed by atoms with Crippen molar-refractivity contribution in [3.8, 4) is 0 Å². The van der Waals surface area contributed by atoms with Gasteiger partial charge in [0.15, 0.2) is 5.96 Å². The summed E-state index contributed by atoms with van der Waals surface area (Å²) in [4.78, 5) is 6.87. The van der Waals surface area contributed by atoms with Crippen LogP contribution in [0.5, 0.6) is 0 Å². The molecular weight excluding hydrogens is 224 g/mol. The first kappa shape index (κ1) is 13.7. The van der Waals surface area contributed by atoms with Gasteiger partial charge in [-0.2, -0.15) is 0 Å². The first-order valence-corrected chi connectivity index (χ1v) is 7.39. The van der Waals surface area contributed by atoms with E-state index in [2.05, 4.69) is 29.3 Å². The molecule has 0 aliphatic heterocycles. The second-order valence-corrected chi connectivity index (χ2v) is 6.07. The molecule has 0 amide bonds. The highest BCUT2D eigenvalue weighted by molar-refractivity contribution is 5.78. The molecule has 18 heavy (non-hydrogen) atoms. The normalized spacial score (nSPS) is 24.3. The van der Waals surface area contributed by atoms with Gasteiger partial charge in [0.2, 0.25) is 0 Å². The zero-order valence-electron chi connectivity index (χ0n) is 11.9. The van der Waals surface area contributed by atoms with E-state index < -0.39 is 0 Å². The van der Waals surface area contributed by atoms with Crippen LogP contribution in [0.25, 0.3) is 0 Å². The highest BCUT2D eigenvalue weighted by atomic mass is 15.2. The van der Waals surface area contributed by atoms with Crippen LogP contribution in [0.3, 0.4) is 0 Å². The minimum Gasteiger partial charge on any atom is -0.370 e. The van der Waals surface area contributed by atoms with Crippen molar-refractivity contribution in [3.63, 3.8) is 0 Å². The van der Waals surface area contributed by atoms with E-state index in [0.717, 1.165) is 12.5 Å². The van der Waals surface area contributed by atoms with Crippen LogP contribution in [0.4, 0.5) is 0 Å². The third-order valence-corrected chi connectivity index (χ3v) is 4.24. The zero-order chi connectivity index (χ0) is 13.0. The zero-order valence-corrected chi connectivity index (χ0v) is 11.9. The molecular formula is C14H28N4. The van der Waals surface area contributed by atoms with Crippen LogP contribution in [-0.4, -0.2) is 43.6 Å². The summed E-state index contributed by atoms with van der Waals surface area (Å²) >= 11 is 0. The number of likely N-dealkylation sites (N-methyl/N-ethyl adjacent to an activating group) is 1. The van der Waals surface area contributed by atoms with Gasteiger partial charge in [0.25, 0.3) is 0 Å². The Balaban J connectivity index is 1.84. The number of nitrogens with zero attached hydrogens (tertiary/aromatic N) is 2. The summed E-state index contributed by atoms with van der Waals surface area (Å²) in [5, 5.41) is 3.26. The Morgan fingerprint density at radius 3 is 2.44 bits per heavy atom. The molecule has 0 bridgehead atoms. The summed E-state index contributed by atoms with van der Waals surface area (Å²) in [7, 11) is 4.33. The van der Waals surface area contributed by atoms with Gasteiger partial charge in [-0.1, -0.05) is 19.3 Å². The average Bonchev–Trinajstić information content (AvgIpc) is 3.14. The molecule has 2 saturated carbocycles. The molecule has 2 aliphatic carbocycles. The number of hydrogen-bond donors (Lipinski definition) is 2. The Morgan fingerprint density at radius 2 is 1.89 bits per heavy atom. The third-order valence-electron chi connectivity index (χ3n) is 4.24. The summed E-state index contributed by atoms with van der Waals surface area (Å²) in [5.41, 5.74) is 5.91. The van der Waals surface area contributed by atoms with Gasteiger partial charge in [-0.3, -0.25) is 4.99 Å². The van der Waals surface area contributed by atoms with Crippen molar-refractivity contribution in [3.05, 3.63) is 0 Å². The van der Waals surface area contributed by atoms with Crippen molar-refractivity contribution >= 4 is 5.96 Å².